The second-order valence-electron chi connectivity index (χ2n) is 14.9. The van der Waals surface area contributed by atoms with Gasteiger partial charge in [0.05, 0.1) is 12.2 Å². The van der Waals surface area contributed by atoms with Crippen molar-refractivity contribution in [1.82, 2.24) is 20.2 Å². The Morgan fingerprint density at radius 3 is 2.40 bits per heavy atom. The molecular formula is C40H55N5O7S. The molecule has 6 rings (SSSR count). The van der Waals surface area contributed by atoms with Gasteiger partial charge in [0.1, 0.15) is 5.82 Å². The molecule has 0 radical (unpaired) electrons. The van der Waals surface area contributed by atoms with Crippen molar-refractivity contribution >= 4 is 23.5 Å². The first kappa shape index (κ1) is 39.1. The lowest BCUT2D eigenvalue weighted by atomic mass is 9.81. The number of rotatable bonds is 12. The second-order valence-corrected chi connectivity index (χ2v) is 15.7. The molecule has 1 saturated heterocycles. The molecule has 1 aromatic carbocycles. The van der Waals surface area contributed by atoms with Crippen LogP contribution in [0.3, 0.4) is 0 Å². The Morgan fingerprint density at radius 2 is 1.77 bits per heavy atom. The van der Waals surface area contributed by atoms with E-state index in [0.29, 0.717) is 40.8 Å². The zero-order chi connectivity index (χ0) is 38.0. The van der Waals surface area contributed by atoms with E-state index in [9.17, 15) is 9.59 Å². The first-order chi connectivity index (χ1) is 25.3. The number of carbonyl (C=O) groups excluding carboxylic acids is 1. The predicted molar refractivity (Wildman–Crippen MR) is 207 cm³/mol. The molecule has 1 saturated carbocycles. The van der Waals surface area contributed by atoms with E-state index >= 15 is 0 Å². The molecule has 3 aliphatic rings. The molecule has 0 spiro atoms. The molecule has 53 heavy (non-hydrogen) atoms. The van der Waals surface area contributed by atoms with Gasteiger partial charge < -0.3 is 38.9 Å². The van der Waals surface area contributed by atoms with Crippen molar-refractivity contribution in [3.05, 3.63) is 63.2 Å². The summed E-state index contributed by atoms with van der Waals surface area (Å²) in [6.45, 7) is 12.2. The van der Waals surface area contributed by atoms with Gasteiger partial charge in [-0.05, 0) is 90.9 Å². The molecule has 2 aliphatic heterocycles. The number of hydrogen-bond donors (Lipinski definition) is 2. The van der Waals surface area contributed by atoms with Gasteiger partial charge in [-0.3, -0.25) is 14.5 Å². The van der Waals surface area contributed by atoms with Crippen molar-refractivity contribution in [2.24, 2.45) is 5.92 Å². The number of fused-ring (bicyclic) bond motifs is 1. The summed E-state index contributed by atoms with van der Waals surface area (Å²) in [5.74, 6) is 0.968. The number of aromatic nitrogens is 2. The van der Waals surface area contributed by atoms with E-state index in [1.165, 1.54) is 11.8 Å². The summed E-state index contributed by atoms with van der Waals surface area (Å²) in [5.41, 5.74) is 3.79. The third-order valence-corrected chi connectivity index (χ3v) is 11.8. The fraction of sp³-hybridized carbons (Fsp3) is 0.575. The third-order valence-electron chi connectivity index (χ3n) is 11.0. The van der Waals surface area contributed by atoms with E-state index in [4.69, 9.17) is 28.7 Å². The highest BCUT2D eigenvalue weighted by Crippen LogP contribution is 2.53. The molecule has 288 valence electrons. The van der Waals surface area contributed by atoms with Crippen LogP contribution in [0.2, 0.25) is 0 Å². The molecule has 0 bridgehead atoms. The van der Waals surface area contributed by atoms with Crippen LogP contribution >= 0.6 is 11.8 Å². The summed E-state index contributed by atoms with van der Waals surface area (Å²) in [6.07, 6.45) is 7.52. The van der Waals surface area contributed by atoms with E-state index in [1.807, 2.05) is 57.5 Å². The molecule has 4 heterocycles. The smallest absolute Gasteiger partial charge is 0.254 e. The van der Waals surface area contributed by atoms with Gasteiger partial charge >= 0.3 is 0 Å². The van der Waals surface area contributed by atoms with E-state index in [1.54, 1.807) is 14.2 Å². The zero-order valence-electron chi connectivity index (χ0n) is 32.5. The first-order valence-corrected chi connectivity index (χ1v) is 19.8. The number of H-pyrrole nitrogens is 1. The maximum absolute atomic E-state index is 14.0. The Hall–Kier alpha value is -3.62. The lowest BCUT2D eigenvalue weighted by molar-refractivity contribution is -0.133. The number of anilines is 1. The maximum atomic E-state index is 14.0. The highest BCUT2D eigenvalue weighted by atomic mass is 32.2. The fourth-order valence-corrected chi connectivity index (χ4v) is 8.77. The van der Waals surface area contributed by atoms with Gasteiger partial charge in [-0.25, -0.2) is 4.98 Å². The van der Waals surface area contributed by atoms with Crippen LogP contribution in [0.15, 0.2) is 40.2 Å². The van der Waals surface area contributed by atoms with Crippen LogP contribution in [0.5, 0.6) is 11.5 Å². The van der Waals surface area contributed by atoms with Crippen LogP contribution in [-0.2, 0) is 20.8 Å². The van der Waals surface area contributed by atoms with Gasteiger partial charge in [-0.1, -0.05) is 0 Å². The number of nitrogens with zero attached hydrogens (tertiary/aromatic N) is 3. The maximum Gasteiger partial charge on any atom is 0.254 e. The number of hydrogen-bond acceptors (Lipinski definition) is 11. The number of aryl methyl sites for hydroxylation is 1. The van der Waals surface area contributed by atoms with Crippen LogP contribution in [-0.4, -0.2) is 98.3 Å². The molecule has 1 amide bonds. The topological polar surface area (TPSA) is 127 Å². The Labute approximate surface area is 317 Å². The lowest BCUT2D eigenvalue weighted by Crippen LogP contribution is -2.48. The zero-order valence-corrected chi connectivity index (χ0v) is 33.4. The van der Waals surface area contributed by atoms with Gasteiger partial charge in [0.2, 0.25) is 0 Å². The first-order valence-electron chi connectivity index (χ1n) is 18.6. The summed E-state index contributed by atoms with van der Waals surface area (Å²) in [4.78, 5) is 40.0. The SMILES string of the molecule is COC(CN(C)C1CCC(C2(C)Oc3c(-c4ccc(N5CC(C)OC(C)C5)nc4)cc(C(=O)NCc4c(SC)cc(C)[nH]c4=O)c(C)c3O2)CC1)OC. The van der Waals surface area contributed by atoms with Crippen LogP contribution in [0.25, 0.3) is 11.1 Å². The summed E-state index contributed by atoms with van der Waals surface area (Å²) in [5, 5.41) is 3.02. The van der Waals surface area contributed by atoms with E-state index < -0.39 is 5.79 Å². The second kappa shape index (κ2) is 16.4. The number of aromatic amines is 1. The summed E-state index contributed by atoms with van der Waals surface area (Å²) < 4.78 is 30.5. The number of likely N-dealkylation sites (N-methyl/N-ethyl adjacent to an activating group) is 1. The Bertz CT molecular complexity index is 1820. The molecule has 12 nitrogen and oxygen atoms in total. The third kappa shape index (κ3) is 8.39. The average molecular weight is 750 g/mol. The van der Waals surface area contributed by atoms with Crippen molar-refractivity contribution in [3.63, 3.8) is 0 Å². The number of methoxy groups -OCH3 is 2. The van der Waals surface area contributed by atoms with Crippen molar-refractivity contribution in [3.8, 4) is 22.6 Å². The molecule has 3 atom stereocenters. The van der Waals surface area contributed by atoms with E-state index in [-0.39, 0.29) is 42.4 Å². The normalized spacial score (nSPS) is 24.2. The number of benzene rings is 1. The summed E-state index contributed by atoms with van der Waals surface area (Å²) in [7, 11) is 5.45. The van der Waals surface area contributed by atoms with Crippen LogP contribution < -0.4 is 25.2 Å². The number of amides is 1. The highest BCUT2D eigenvalue weighted by Gasteiger charge is 2.48. The van der Waals surface area contributed by atoms with Crippen LogP contribution in [0.4, 0.5) is 5.82 Å². The fourth-order valence-electron chi connectivity index (χ4n) is 8.07. The molecule has 3 aromatic rings. The van der Waals surface area contributed by atoms with Gasteiger partial charge in [-0.2, -0.15) is 0 Å². The average Bonchev–Trinajstić information content (AvgIpc) is 3.52. The summed E-state index contributed by atoms with van der Waals surface area (Å²) in [6, 6.07) is 8.24. The van der Waals surface area contributed by atoms with Crippen molar-refractivity contribution in [2.45, 2.75) is 102 Å². The minimum absolute atomic E-state index is 0.0887. The van der Waals surface area contributed by atoms with Crippen molar-refractivity contribution in [2.75, 3.05) is 52.1 Å². The number of ether oxygens (including phenoxy) is 5. The molecule has 2 N–H and O–H groups in total. The lowest BCUT2D eigenvalue weighted by Gasteiger charge is -2.40. The van der Waals surface area contributed by atoms with Crippen molar-refractivity contribution in [1.29, 1.82) is 0 Å². The van der Waals surface area contributed by atoms with Gasteiger partial charge in [-0.15, -0.1) is 11.8 Å². The molecule has 2 aromatic heterocycles. The standard InChI is InChI=1S/C40H55N5O7S/c1-23-16-33(53-9)32(39(47)43-23)19-42-38(46)30-17-31(27-10-15-34(41-18-27)45-20-24(2)50-25(3)21-45)37-36(26(30)4)51-40(5,52-37)28-11-13-29(14-12-28)44(6)22-35(48-7)49-8/h10,15-18,24-25,28-29,35H,11-14,19-22H2,1-9H3,(H,42,46)(H,43,47). The molecule has 13 heteroatoms. The van der Waals surface area contributed by atoms with E-state index in [0.717, 1.165) is 66.3 Å². The molecule has 1 aliphatic carbocycles. The van der Waals surface area contributed by atoms with Gasteiger partial charge in [0.15, 0.2) is 17.8 Å². The highest BCUT2D eigenvalue weighted by molar-refractivity contribution is 7.98. The van der Waals surface area contributed by atoms with Crippen LogP contribution in [0.1, 0.15) is 73.6 Å². The number of thioether (sulfide) groups is 1. The van der Waals surface area contributed by atoms with Crippen molar-refractivity contribution < 1.29 is 28.5 Å². The van der Waals surface area contributed by atoms with Crippen LogP contribution in [0, 0.1) is 19.8 Å². The van der Waals surface area contributed by atoms with Gasteiger partial charge in [0, 0.05) is 104 Å². The molecule has 3 unspecified atom stereocenters. The predicted octanol–water partition coefficient (Wildman–Crippen LogP) is 5.92. The molecular weight excluding hydrogens is 695 g/mol. The number of morpholine rings is 1. The van der Waals surface area contributed by atoms with E-state index in [2.05, 4.69) is 41.0 Å². The Balaban J connectivity index is 1.29. The van der Waals surface area contributed by atoms with Gasteiger partial charge in [0.25, 0.3) is 17.3 Å². The Morgan fingerprint density at radius 1 is 1.09 bits per heavy atom. The molecule has 2 fully saturated rings. The number of pyridine rings is 2. The largest absolute Gasteiger partial charge is 0.448 e. The Kier molecular flexibility index (Phi) is 12.1. The number of nitrogens with one attached hydrogen (secondary N) is 2. The monoisotopic (exact) mass is 749 g/mol. The number of carbonyl (C=O) groups is 1. The quantitative estimate of drug-likeness (QED) is 0.169. The minimum atomic E-state index is -0.919. The summed E-state index contributed by atoms with van der Waals surface area (Å²) >= 11 is 1.48. The minimum Gasteiger partial charge on any atom is -0.448 e.